The van der Waals surface area contributed by atoms with E-state index in [1.165, 1.54) is 37.7 Å². The smallest absolute Gasteiger partial charge is 0.339 e. The molecule has 1 aromatic rings. The summed E-state index contributed by atoms with van der Waals surface area (Å²) in [6.07, 6.45) is 1.45. The molecule has 0 saturated carbocycles. The van der Waals surface area contributed by atoms with Crippen LogP contribution in [0.25, 0.3) is 0 Å². The number of halogens is 1. The molecule has 0 radical (unpaired) electrons. The molecule has 0 aromatic heterocycles. The van der Waals surface area contributed by atoms with Gasteiger partial charge in [0.1, 0.15) is 11.4 Å². The maximum absolute atomic E-state index is 13.1. The Hall–Kier alpha value is -2.21. The molecule has 1 atom stereocenters. The fraction of sp³-hybridized carbons (Fsp3) is 0.333. The van der Waals surface area contributed by atoms with Crippen LogP contribution in [0.4, 0.5) is 4.39 Å². The van der Waals surface area contributed by atoms with Crippen molar-refractivity contribution in [3.05, 3.63) is 46.9 Å². The molecule has 0 amide bonds. The predicted molar refractivity (Wildman–Crippen MR) is 77.8 cm³/mol. The zero-order valence-electron chi connectivity index (χ0n) is 12.2. The quantitative estimate of drug-likeness (QED) is 0.830. The van der Waals surface area contributed by atoms with Gasteiger partial charge in [-0.1, -0.05) is 26.0 Å². The number of carbonyl (C=O) groups is 1. The lowest BCUT2D eigenvalue weighted by Gasteiger charge is -2.33. The molecule has 0 bridgehead atoms. The number of nitrogens with zero attached hydrogens (tertiary/aromatic N) is 1. The summed E-state index contributed by atoms with van der Waals surface area (Å²) in [6, 6.07) is 5.59. The second-order valence-corrected chi connectivity index (χ2v) is 5.11. The van der Waals surface area contributed by atoms with Crippen LogP contribution in [0.15, 0.2) is 40.5 Å². The zero-order valence-corrected chi connectivity index (χ0v) is 12.2. The van der Waals surface area contributed by atoms with Crippen molar-refractivity contribution in [2.45, 2.75) is 19.5 Å². The number of aliphatic imine (C=N–C) groups is 1. The van der Waals surface area contributed by atoms with Crippen LogP contribution in [0.3, 0.4) is 0 Å². The van der Waals surface area contributed by atoms with E-state index in [1.54, 1.807) is 0 Å². The first kappa shape index (κ1) is 15.2. The average molecular weight is 291 g/mol. The molecule has 1 heterocycles. The van der Waals surface area contributed by atoms with Crippen LogP contribution < -0.4 is 11.1 Å². The summed E-state index contributed by atoms with van der Waals surface area (Å²) < 4.78 is 18.0. The van der Waals surface area contributed by atoms with Crippen LogP contribution in [-0.2, 0) is 15.2 Å². The number of hydrogen-bond acceptors (Lipinski definition) is 5. The van der Waals surface area contributed by atoms with Crippen molar-refractivity contribution in [1.29, 1.82) is 0 Å². The van der Waals surface area contributed by atoms with Gasteiger partial charge >= 0.3 is 5.97 Å². The standard InChI is InChI=1S/C15H18FN3O2/c1-9(2)13-12(14(20)21-3)15(17,19-8-18-13)10-4-6-11(16)7-5-10/h4-9H,17H2,1-3H3,(H,18,19). The Morgan fingerprint density at radius 3 is 2.52 bits per heavy atom. The third kappa shape index (κ3) is 2.67. The van der Waals surface area contributed by atoms with Crippen LogP contribution in [-0.4, -0.2) is 19.4 Å². The van der Waals surface area contributed by atoms with E-state index < -0.39 is 11.6 Å². The van der Waals surface area contributed by atoms with E-state index in [9.17, 15) is 9.18 Å². The van der Waals surface area contributed by atoms with Crippen molar-refractivity contribution in [2.24, 2.45) is 16.6 Å². The van der Waals surface area contributed by atoms with Gasteiger partial charge in [-0.2, -0.15) is 0 Å². The summed E-state index contributed by atoms with van der Waals surface area (Å²) in [6.45, 7) is 3.85. The Bertz CT molecular complexity index is 608. The van der Waals surface area contributed by atoms with E-state index >= 15 is 0 Å². The van der Waals surface area contributed by atoms with Gasteiger partial charge in [-0.25, -0.2) is 14.2 Å². The normalized spacial score (nSPS) is 21.4. The Balaban J connectivity index is 2.63. The predicted octanol–water partition coefficient (Wildman–Crippen LogP) is 1.65. The summed E-state index contributed by atoms with van der Waals surface area (Å²) in [5.74, 6) is -0.919. The number of carbonyl (C=O) groups excluding carboxylic acids is 1. The first-order chi connectivity index (χ1) is 9.90. The summed E-state index contributed by atoms with van der Waals surface area (Å²) in [5.41, 5.74) is 6.35. The van der Waals surface area contributed by atoms with E-state index in [1.807, 2.05) is 13.8 Å². The number of nitrogens with two attached hydrogens (primary N) is 1. The van der Waals surface area contributed by atoms with Crippen molar-refractivity contribution in [3.8, 4) is 0 Å². The molecule has 2 rings (SSSR count). The highest BCUT2D eigenvalue weighted by Gasteiger charge is 2.41. The summed E-state index contributed by atoms with van der Waals surface area (Å²) >= 11 is 0. The molecule has 6 heteroatoms. The molecule has 0 fully saturated rings. The second-order valence-electron chi connectivity index (χ2n) is 5.11. The lowest BCUT2D eigenvalue weighted by molar-refractivity contribution is -0.137. The van der Waals surface area contributed by atoms with Crippen molar-refractivity contribution < 1.29 is 13.9 Å². The number of esters is 1. The van der Waals surface area contributed by atoms with Gasteiger partial charge in [0.15, 0.2) is 5.66 Å². The average Bonchev–Trinajstić information content (AvgIpc) is 2.46. The Kier molecular flexibility index (Phi) is 4.09. The Labute approximate surface area is 122 Å². The van der Waals surface area contributed by atoms with Gasteiger partial charge in [0.05, 0.1) is 13.4 Å². The van der Waals surface area contributed by atoms with Crippen molar-refractivity contribution in [2.75, 3.05) is 7.11 Å². The monoisotopic (exact) mass is 291 g/mol. The minimum absolute atomic E-state index is 0.0224. The number of ether oxygens (including phenoxy) is 1. The summed E-state index contributed by atoms with van der Waals surface area (Å²) in [7, 11) is 1.29. The van der Waals surface area contributed by atoms with E-state index in [0.717, 1.165) is 0 Å². The molecule has 0 spiro atoms. The molecule has 1 aliphatic rings. The van der Waals surface area contributed by atoms with Gasteiger partial charge in [-0.3, -0.25) is 5.73 Å². The minimum Gasteiger partial charge on any atom is -0.465 e. The fourth-order valence-corrected chi connectivity index (χ4v) is 2.29. The Morgan fingerprint density at radius 1 is 1.38 bits per heavy atom. The van der Waals surface area contributed by atoms with Crippen LogP contribution in [0.1, 0.15) is 19.4 Å². The molecule has 21 heavy (non-hydrogen) atoms. The van der Waals surface area contributed by atoms with E-state index in [4.69, 9.17) is 10.5 Å². The summed E-state index contributed by atoms with van der Waals surface area (Å²) in [4.78, 5) is 16.4. The number of rotatable bonds is 3. The molecule has 0 aliphatic carbocycles. The molecule has 5 nitrogen and oxygen atoms in total. The lowest BCUT2D eigenvalue weighted by atomic mass is 9.87. The van der Waals surface area contributed by atoms with Crippen LogP contribution in [0.5, 0.6) is 0 Å². The molecule has 3 N–H and O–H groups in total. The van der Waals surface area contributed by atoms with Gasteiger partial charge < -0.3 is 10.1 Å². The second kappa shape index (κ2) is 5.65. The Morgan fingerprint density at radius 2 is 2.00 bits per heavy atom. The number of hydrogen-bond donors (Lipinski definition) is 2. The van der Waals surface area contributed by atoms with E-state index in [2.05, 4.69) is 10.3 Å². The van der Waals surface area contributed by atoms with Gasteiger partial charge in [0.25, 0.3) is 0 Å². The molecule has 0 saturated heterocycles. The van der Waals surface area contributed by atoms with E-state index in [-0.39, 0.29) is 17.3 Å². The minimum atomic E-state index is -1.40. The highest BCUT2D eigenvalue weighted by atomic mass is 19.1. The molecular weight excluding hydrogens is 273 g/mol. The molecular formula is C15H18FN3O2. The third-order valence-electron chi connectivity index (χ3n) is 3.39. The number of methoxy groups -OCH3 is 1. The van der Waals surface area contributed by atoms with Crippen LogP contribution in [0, 0.1) is 11.7 Å². The largest absolute Gasteiger partial charge is 0.465 e. The third-order valence-corrected chi connectivity index (χ3v) is 3.39. The number of benzene rings is 1. The van der Waals surface area contributed by atoms with Crippen LogP contribution in [0.2, 0.25) is 0 Å². The highest BCUT2D eigenvalue weighted by Crippen LogP contribution is 2.34. The van der Waals surface area contributed by atoms with Gasteiger partial charge in [0.2, 0.25) is 0 Å². The van der Waals surface area contributed by atoms with Crippen molar-refractivity contribution in [3.63, 3.8) is 0 Å². The lowest BCUT2D eigenvalue weighted by Crippen LogP contribution is -2.46. The molecule has 112 valence electrons. The fourth-order valence-electron chi connectivity index (χ4n) is 2.29. The number of nitrogens with one attached hydrogen (secondary N) is 1. The topological polar surface area (TPSA) is 76.7 Å². The van der Waals surface area contributed by atoms with Gasteiger partial charge in [0, 0.05) is 5.70 Å². The van der Waals surface area contributed by atoms with E-state index in [0.29, 0.717) is 11.3 Å². The molecule has 1 unspecified atom stereocenters. The van der Waals surface area contributed by atoms with Crippen molar-refractivity contribution >= 4 is 12.3 Å². The van der Waals surface area contributed by atoms with Crippen LogP contribution >= 0.6 is 0 Å². The highest BCUT2D eigenvalue weighted by molar-refractivity contribution is 5.94. The summed E-state index contributed by atoms with van der Waals surface area (Å²) in [5, 5.41) is 2.95. The molecule has 1 aliphatic heterocycles. The van der Waals surface area contributed by atoms with Gasteiger partial charge in [-0.15, -0.1) is 0 Å². The maximum Gasteiger partial charge on any atom is 0.339 e. The zero-order chi connectivity index (χ0) is 15.6. The SMILES string of the molecule is COC(=O)C1=C(C(C)C)NC=NC1(N)c1ccc(F)cc1. The first-order valence-electron chi connectivity index (χ1n) is 6.58. The molecule has 1 aromatic carbocycles. The van der Waals surface area contributed by atoms with Crippen molar-refractivity contribution in [1.82, 2.24) is 5.32 Å². The van der Waals surface area contributed by atoms with Gasteiger partial charge in [-0.05, 0) is 23.6 Å². The maximum atomic E-state index is 13.1. The first-order valence-corrected chi connectivity index (χ1v) is 6.58. The number of allylic oxidation sites excluding steroid dienone is 1.